The Morgan fingerprint density at radius 2 is 1.52 bits per heavy atom. The first-order chi connectivity index (χ1) is 19.5. The van der Waals surface area contributed by atoms with E-state index in [1.807, 2.05) is 0 Å². The van der Waals surface area contributed by atoms with E-state index in [9.17, 15) is 44.3 Å². The van der Waals surface area contributed by atoms with Crippen molar-refractivity contribution >= 4 is 22.4 Å². The quantitative estimate of drug-likeness (QED) is 0.264. The fourth-order valence-electron chi connectivity index (χ4n) is 4.04. The molecule has 8 nitrogen and oxygen atoms in total. The molecule has 1 amide bonds. The highest BCUT2D eigenvalue weighted by Crippen LogP contribution is 2.52. The van der Waals surface area contributed by atoms with E-state index in [1.165, 1.54) is 0 Å². The summed E-state index contributed by atoms with van der Waals surface area (Å²) in [6.07, 6.45) is -13.3. The molecule has 0 radical (unpaired) electrons. The van der Waals surface area contributed by atoms with Crippen LogP contribution in [0.1, 0.15) is 47.5 Å². The smallest absolute Gasteiger partial charge is 0.422 e. The molecule has 0 saturated carbocycles. The van der Waals surface area contributed by atoms with E-state index in [0.717, 1.165) is 29.5 Å². The van der Waals surface area contributed by atoms with Crippen molar-refractivity contribution in [3.63, 3.8) is 0 Å². The Labute approximate surface area is 234 Å². The molecule has 0 bridgehead atoms. The number of ether oxygens (including phenoxy) is 3. The first kappa shape index (κ1) is 31.1. The van der Waals surface area contributed by atoms with E-state index in [2.05, 4.69) is 29.7 Å². The lowest BCUT2D eigenvalue weighted by molar-refractivity contribution is -0.154. The van der Waals surface area contributed by atoms with Gasteiger partial charge in [0.25, 0.3) is 5.91 Å². The number of carbonyl (C=O) groups is 1. The highest BCUT2D eigenvalue weighted by Gasteiger charge is 2.43. The van der Waals surface area contributed by atoms with Crippen molar-refractivity contribution < 1.29 is 58.5 Å². The standard InChI is InChI=1S/C24H19F9N4O4S/c1-3-21(4-2)16-15(12-6-5-11(24(31,32)33)7-13(12)41-21)36-20(42-16)37-17(38)14-18(39-8-22(25,26)27)34-10-35-19(14)40-9-23(28,29)30/h5-7,10H,3-4,8-9H2,1-2H3,(H,36,37,38). The number of hydrogen-bond donors (Lipinski definition) is 1. The van der Waals surface area contributed by atoms with Crippen molar-refractivity contribution in [2.75, 3.05) is 18.5 Å². The predicted octanol–water partition coefficient (Wildman–Crippen LogP) is 7.16. The van der Waals surface area contributed by atoms with Crippen molar-refractivity contribution in [3.8, 4) is 28.8 Å². The van der Waals surface area contributed by atoms with Crippen LogP contribution in [0.15, 0.2) is 24.5 Å². The molecule has 228 valence electrons. The second-order valence-corrected chi connectivity index (χ2v) is 9.83. The third kappa shape index (κ3) is 6.63. The number of alkyl halides is 9. The molecule has 4 rings (SSSR count). The Balaban J connectivity index is 1.75. The summed E-state index contributed by atoms with van der Waals surface area (Å²) in [6, 6.07) is 2.80. The Bertz CT molecular complexity index is 1430. The second kappa shape index (κ2) is 11.1. The maximum atomic E-state index is 13.4. The van der Waals surface area contributed by atoms with Crippen molar-refractivity contribution in [3.05, 3.63) is 40.5 Å². The largest absolute Gasteiger partial charge is 0.481 e. The molecule has 0 unspecified atom stereocenters. The SMILES string of the molecule is CCC1(CC)Oc2cc(C(F)(F)F)ccc2-c2nc(NC(=O)c3c(OCC(F)(F)F)ncnc3OCC(F)(F)F)sc21. The van der Waals surface area contributed by atoms with Gasteiger partial charge in [-0.3, -0.25) is 10.1 Å². The molecule has 0 saturated heterocycles. The fraction of sp³-hybridized carbons (Fsp3) is 0.417. The molecule has 0 aliphatic carbocycles. The number of rotatable bonds is 8. The van der Waals surface area contributed by atoms with Crippen LogP contribution >= 0.6 is 11.3 Å². The minimum Gasteiger partial charge on any atom is -0.481 e. The van der Waals surface area contributed by atoms with E-state index in [4.69, 9.17) is 4.74 Å². The molecular formula is C24H19F9N4O4S. The van der Waals surface area contributed by atoms with Crippen LogP contribution in [0.4, 0.5) is 44.6 Å². The summed E-state index contributed by atoms with van der Waals surface area (Å²) < 4.78 is 132. The zero-order chi connectivity index (χ0) is 31.1. The van der Waals surface area contributed by atoms with Gasteiger partial charge in [0.15, 0.2) is 23.9 Å². The summed E-state index contributed by atoms with van der Waals surface area (Å²) in [4.78, 5) is 24.8. The molecule has 0 spiro atoms. The van der Waals surface area contributed by atoms with Gasteiger partial charge in [-0.25, -0.2) is 15.0 Å². The number of benzene rings is 1. The third-order valence-corrected chi connectivity index (χ3v) is 7.18. The Hall–Kier alpha value is -3.83. The topological polar surface area (TPSA) is 95.5 Å². The zero-order valence-corrected chi connectivity index (χ0v) is 22.2. The molecule has 0 fully saturated rings. The molecule has 0 atom stereocenters. The molecule has 3 heterocycles. The average molecular weight is 630 g/mol. The number of carbonyl (C=O) groups excluding carboxylic acids is 1. The summed E-state index contributed by atoms with van der Waals surface area (Å²) in [5.41, 5.74) is -2.72. The molecule has 3 aromatic rings. The second-order valence-electron chi connectivity index (χ2n) is 8.83. The van der Waals surface area contributed by atoms with Gasteiger partial charge in [0.05, 0.1) is 16.1 Å². The van der Waals surface area contributed by atoms with Crippen molar-refractivity contribution in [1.82, 2.24) is 15.0 Å². The van der Waals surface area contributed by atoms with Gasteiger partial charge < -0.3 is 14.2 Å². The lowest BCUT2D eigenvalue weighted by Gasteiger charge is -2.36. The summed E-state index contributed by atoms with van der Waals surface area (Å²) in [5.74, 6) is -3.44. The molecule has 1 N–H and O–H groups in total. The number of anilines is 1. The van der Waals surface area contributed by atoms with Gasteiger partial charge in [0.2, 0.25) is 11.8 Å². The van der Waals surface area contributed by atoms with E-state index in [0.29, 0.717) is 11.2 Å². The number of halogens is 9. The van der Waals surface area contributed by atoms with Gasteiger partial charge >= 0.3 is 18.5 Å². The average Bonchev–Trinajstić information content (AvgIpc) is 3.32. The van der Waals surface area contributed by atoms with Crippen molar-refractivity contribution in [2.45, 2.75) is 50.8 Å². The van der Waals surface area contributed by atoms with Gasteiger partial charge in [-0.2, -0.15) is 39.5 Å². The predicted molar refractivity (Wildman–Crippen MR) is 129 cm³/mol. The van der Waals surface area contributed by atoms with Gasteiger partial charge in [-0.05, 0) is 31.0 Å². The van der Waals surface area contributed by atoms with Crippen LogP contribution in [-0.2, 0) is 11.8 Å². The van der Waals surface area contributed by atoms with E-state index >= 15 is 0 Å². The summed E-state index contributed by atoms with van der Waals surface area (Å²) >= 11 is 0.862. The highest BCUT2D eigenvalue weighted by molar-refractivity contribution is 7.16. The number of hydrogen-bond acceptors (Lipinski definition) is 8. The van der Waals surface area contributed by atoms with Crippen LogP contribution in [0.2, 0.25) is 0 Å². The number of fused-ring (bicyclic) bond motifs is 3. The molecule has 18 heteroatoms. The molecular weight excluding hydrogens is 611 g/mol. The number of aromatic nitrogens is 3. The molecule has 1 aliphatic rings. The molecule has 1 aliphatic heterocycles. The summed E-state index contributed by atoms with van der Waals surface area (Å²) in [6.45, 7) is -0.421. The van der Waals surface area contributed by atoms with Crippen LogP contribution in [0, 0.1) is 0 Å². The van der Waals surface area contributed by atoms with Crippen molar-refractivity contribution in [2.24, 2.45) is 0 Å². The monoisotopic (exact) mass is 630 g/mol. The van der Waals surface area contributed by atoms with Crippen LogP contribution in [0.3, 0.4) is 0 Å². The van der Waals surface area contributed by atoms with Crippen molar-refractivity contribution in [1.29, 1.82) is 0 Å². The van der Waals surface area contributed by atoms with E-state index in [1.54, 1.807) is 13.8 Å². The summed E-state index contributed by atoms with van der Waals surface area (Å²) in [5, 5.41) is 2.08. The van der Waals surface area contributed by atoms with Crippen LogP contribution < -0.4 is 19.5 Å². The zero-order valence-electron chi connectivity index (χ0n) is 21.4. The number of amides is 1. The molecule has 2 aromatic heterocycles. The Morgan fingerprint density at radius 3 is 2.02 bits per heavy atom. The maximum absolute atomic E-state index is 13.4. The minimum absolute atomic E-state index is 0.105. The maximum Gasteiger partial charge on any atom is 0.422 e. The first-order valence-corrected chi connectivity index (χ1v) is 12.8. The number of thiazole rings is 1. The molecule has 1 aromatic carbocycles. The lowest BCUT2D eigenvalue weighted by Crippen LogP contribution is -2.34. The van der Waals surface area contributed by atoms with Crippen LogP contribution in [0.5, 0.6) is 17.5 Å². The van der Waals surface area contributed by atoms with Gasteiger partial charge in [-0.15, -0.1) is 0 Å². The Kier molecular flexibility index (Phi) is 8.23. The van der Waals surface area contributed by atoms with E-state index in [-0.39, 0.29) is 35.0 Å². The molecule has 42 heavy (non-hydrogen) atoms. The minimum atomic E-state index is -4.89. The van der Waals surface area contributed by atoms with Gasteiger partial charge in [0, 0.05) is 5.56 Å². The van der Waals surface area contributed by atoms with E-state index < -0.39 is 66.1 Å². The lowest BCUT2D eigenvalue weighted by atomic mass is 9.89. The number of nitrogens with one attached hydrogen (secondary N) is 1. The van der Waals surface area contributed by atoms with Gasteiger partial charge in [0.1, 0.15) is 17.7 Å². The third-order valence-electron chi connectivity index (χ3n) is 6.02. The van der Waals surface area contributed by atoms with Gasteiger partial charge in [-0.1, -0.05) is 25.2 Å². The highest BCUT2D eigenvalue weighted by atomic mass is 32.1. The Morgan fingerprint density at radius 1 is 0.952 bits per heavy atom. The number of nitrogens with zero attached hydrogens (tertiary/aromatic N) is 3. The summed E-state index contributed by atoms with van der Waals surface area (Å²) in [7, 11) is 0. The van der Waals surface area contributed by atoms with Crippen LogP contribution in [0.25, 0.3) is 11.3 Å². The first-order valence-electron chi connectivity index (χ1n) is 11.9. The normalized spacial score (nSPS) is 14.5. The van der Waals surface area contributed by atoms with Crippen LogP contribution in [-0.4, -0.2) is 46.4 Å². The fourth-order valence-corrected chi connectivity index (χ4v) is 5.29.